The van der Waals surface area contributed by atoms with Crippen LogP contribution >= 0.6 is 11.8 Å². The Morgan fingerprint density at radius 1 is 1.10 bits per heavy atom. The lowest BCUT2D eigenvalue weighted by molar-refractivity contribution is 0.0955. The number of nitrogens with zero attached hydrogens (tertiary/aromatic N) is 2. The van der Waals surface area contributed by atoms with Gasteiger partial charge in [-0.2, -0.15) is 5.10 Å². The van der Waals surface area contributed by atoms with Gasteiger partial charge in [0.15, 0.2) is 5.16 Å². The molecule has 4 aromatic rings. The van der Waals surface area contributed by atoms with Crippen molar-refractivity contribution in [1.82, 2.24) is 15.4 Å². The van der Waals surface area contributed by atoms with E-state index in [1.165, 1.54) is 0 Å². The van der Waals surface area contributed by atoms with E-state index in [0.29, 0.717) is 5.56 Å². The number of benzene rings is 3. The molecule has 1 amide bonds. The number of nitrogens with one attached hydrogen (secondary N) is 2. The van der Waals surface area contributed by atoms with Crippen molar-refractivity contribution in [1.29, 1.82) is 0 Å². The van der Waals surface area contributed by atoms with Crippen molar-refractivity contribution in [2.75, 3.05) is 7.11 Å². The Morgan fingerprint density at radius 2 is 1.87 bits per heavy atom. The van der Waals surface area contributed by atoms with E-state index in [2.05, 4.69) is 20.5 Å². The molecule has 0 spiro atoms. The van der Waals surface area contributed by atoms with Crippen LogP contribution in [0.2, 0.25) is 0 Å². The molecule has 0 unspecified atom stereocenters. The molecule has 0 aliphatic heterocycles. The van der Waals surface area contributed by atoms with E-state index in [9.17, 15) is 4.79 Å². The van der Waals surface area contributed by atoms with Gasteiger partial charge < -0.3 is 9.72 Å². The largest absolute Gasteiger partial charge is 0.497 e. The Hall–Kier alpha value is -3.58. The van der Waals surface area contributed by atoms with Crippen LogP contribution in [0.15, 0.2) is 83.1 Å². The van der Waals surface area contributed by atoms with Crippen LogP contribution in [0, 0.1) is 0 Å². The number of imidazole rings is 1. The quantitative estimate of drug-likeness (QED) is 0.262. The third kappa shape index (κ3) is 4.87. The predicted molar refractivity (Wildman–Crippen MR) is 120 cm³/mol. The van der Waals surface area contributed by atoms with Gasteiger partial charge in [0.1, 0.15) is 5.75 Å². The normalized spacial score (nSPS) is 11.1. The standard InChI is InChI=1S/C23H20N4O2S/c1-29-19-12-8-16(9-13-19)14-24-27-22(28)18-10-6-17(7-11-18)15-30-23-25-20-4-2-3-5-21(20)26-23/h2-14H,15H2,1H3,(H,25,26)(H,27,28). The monoisotopic (exact) mass is 416 g/mol. The third-order valence-electron chi connectivity index (χ3n) is 4.45. The van der Waals surface area contributed by atoms with E-state index in [1.54, 1.807) is 37.2 Å². The number of para-hydroxylation sites is 2. The second-order valence-corrected chi connectivity index (χ2v) is 7.48. The summed E-state index contributed by atoms with van der Waals surface area (Å²) in [5, 5.41) is 4.89. The van der Waals surface area contributed by atoms with Gasteiger partial charge in [-0.3, -0.25) is 4.79 Å². The number of amides is 1. The van der Waals surface area contributed by atoms with Crippen molar-refractivity contribution < 1.29 is 9.53 Å². The molecule has 6 nitrogen and oxygen atoms in total. The molecule has 0 aliphatic carbocycles. The second-order valence-electron chi connectivity index (χ2n) is 6.52. The van der Waals surface area contributed by atoms with Crippen LogP contribution < -0.4 is 10.2 Å². The molecule has 0 aliphatic rings. The topological polar surface area (TPSA) is 79.4 Å². The number of thioether (sulfide) groups is 1. The first-order chi connectivity index (χ1) is 14.7. The van der Waals surface area contributed by atoms with Gasteiger partial charge in [-0.15, -0.1) is 0 Å². The van der Waals surface area contributed by atoms with Crippen LogP contribution in [0.1, 0.15) is 21.5 Å². The Balaban J connectivity index is 1.30. The molecule has 30 heavy (non-hydrogen) atoms. The summed E-state index contributed by atoms with van der Waals surface area (Å²) in [6.45, 7) is 0. The van der Waals surface area contributed by atoms with E-state index < -0.39 is 0 Å². The van der Waals surface area contributed by atoms with Gasteiger partial charge in [0.25, 0.3) is 5.91 Å². The summed E-state index contributed by atoms with van der Waals surface area (Å²) >= 11 is 1.63. The first-order valence-corrected chi connectivity index (χ1v) is 10.3. The number of methoxy groups -OCH3 is 1. The average molecular weight is 417 g/mol. The number of carbonyl (C=O) groups excluding carboxylic acids is 1. The molecule has 0 saturated carbocycles. The molecule has 0 radical (unpaired) electrons. The van der Waals surface area contributed by atoms with Crippen LogP contribution in [0.25, 0.3) is 11.0 Å². The zero-order valence-corrected chi connectivity index (χ0v) is 17.1. The zero-order valence-electron chi connectivity index (χ0n) is 16.3. The van der Waals surface area contributed by atoms with Crippen molar-refractivity contribution in [2.45, 2.75) is 10.9 Å². The van der Waals surface area contributed by atoms with Crippen LogP contribution in [0.5, 0.6) is 5.75 Å². The molecule has 3 aromatic carbocycles. The maximum atomic E-state index is 12.3. The Kier molecular flexibility index (Phi) is 6.10. The average Bonchev–Trinajstić information content (AvgIpc) is 3.21. The maximum Gasteiger partial charge on any atom is 0.271 e. The first kappa shape index (κ1) is 19.7. The van der Waals surface area contributed by atoms with E-state index >= 15 is 0 Å². The summed E-state index contributed by atoms with van der Waals surface area (Å²) in [5.41, 5.74) is 7.07. The SMILES string of the molecule is COc1ccc(C=NNC(=O)c2ccc(CSc3nc4ccccc4[nH]3)cc2)cc1. The molecular formula is C23H20N4O2S. The highest BCUT2D eigenvalue weighted by atomic mass is 32.2. The maximum absolute atomic E-state index is 12.3. The number of aromatic nitrogens is 2. The number of hydrogen-bond acceptors (Lipinski definition) is 5. The summed E-state index contributed by atoms with van der Waals surface area (Å²) in [6.07, 6.45) is 1.59. The molecule has 0 bridgehead atoms. The van der Waals surface area contributed by atoms with Gasteiger partial charge in [-0.05, 0) is 59.7 Å². The van der Waals surface area contributed by atoms with Gasteiger partial charge in [-0.25, -0.2) is 10.4 Å². The number of hydrazone groups is 1. The smallest absolute Gasteiger partial charge is 0.271 e. The summed E-state index contributed by atoms with van der Waals surface area (Å²) in [4.78, 5) is 20.1. The fourth-order valence-electron chi connectivity index (χ4n) is 2.82. The fraction of sp³-hybridized carbons (Fsp3) is 0.0870. The summed E-state index contributed by atoms with van der Waals surface area (Å²) in [6, 6.07) is 22.8. The first-order valence-electron chi connectivity index (χ1n) is 9.35. The third-order valence-corrected chi connectivity index (χ3v) is 5.40. The van der Waals surface area contributed by atoms with E-state index in [-0.39, 0.29) is 5.91 Å². The molecule has 4 rings (SSSR count). The molecule has 0 atom stereocenters. The van der Waals surface area contributed by atoms with Crippen molar-refractivity contribution in [2.24, 2.45) is 5.10 Å². The van der Waals surface area contributed by atoms with E-state index in [0.717, 1.165) is 38.8 Å². The summed E-state index contributed by atoms with van der Waals surface area (Å²) in [7, 11) is 1.62. The highest BCUT2D eigenvalue weighted by Crippen LogP contribution is 2.23. The highest BCUT2D eigenvalue weighted by Gasteiger charge is 2.06. The van der Waals surface area contributed by atoms with Gasteiger partial charge in [0, 0.05) is 11.3 Å². The van der Waals surface area contributed by atoms with Crippen molar-refractivity contribution in [3.63, 3.8) is 0 Å². The molecule has 2 N–H and O–H groups in total. The van der Waals surface area contributed by atoms with Gasteiger partial charge in [-0.1, -0.05) is 36.0 Å². The van der Waals surface area contributed by atoms with Crippen LogP contribution in [-0.2, 0) is 5.75 Å². The van der Waals surface area contributed by atoms with Gasteiger partial charge >= 0.3 is 0 Å². The van der Waals surface area contributed by atoms with Crippen LogP contribution in [0.4, 0.5) is 0 Å². The molecule has 7 heteroatoms. The molecule has 150 valence electrons. The number of hydrogen-bond donors (Lipinski definition) is 2. The Morgan fingerprint density at radius 3 is 2.60 bits per heavy atom. The minimum absolute atomic E-state index is 0.253. The summed E-state index contributed by atoms with van der Waals surface area (Å²) in [5.74, 6) is 1.28. The number of rotatable bonds is 7. The Labute approximate surface area is 178 Å². The number of fused-ring (bicyclic) bond motifs is 1. The minimum Gasteiger partial charge on any atom is -0.497 e. The lowest BCUT2D eigenvalue weighted by Gasteiger charge is -2.03. The molecule has 0 fully saturated rings. The molecular weight excluding hydrogens is 396 g/mol. The van der Waals surface area contributed by atoms with Crippen molar-refractivity contribution in [3.8, 4) is 5.75 Å². The van der Waals surface area contributed by atoms with Crippen molar-refractivity contribution >= 4 is 34.9 Å². The van der Waals surface area contributed by atoms with E-state index in [1.807, 2.05) is 60.7 Å². The van der Waals surface area contributed by atoms with Crippen molar-refractivity contribution in [3.05, 3.63) is 89.5 Å². The Bertz CT molecular complexity index is 1140. The second kappa shape index (κ2) is 9.28. The van der Waals surface area contributed by atoms with Crippen LogP contribution in [0.3, 0.4) is 0 Å². The molecule has 1 heterocycles. The number of carbonyl (C=O) groups is 1. The minimum atomic E-state index is -0.253. The number of H-pyrrole nitrogens is 1. The number of aromatic amines is 1. The van der Waals surface area contributed by atoms with Crippen LogP contribution in [-0.4, -0.2) is 29.2 Å². The van der Waals surface area contributed by atoms with E-state index in [4.69, 9.17) is 4.74 Å². The number of ether oxygens (including phenoxy) is 1. The zero-order chi connectivity index (χ0) is 20.8. The fourth-order valence-corrected chi connectivity index (χ4v) is 3.66. The summed E-state index contributed by atoms with van der Waals surface area (Å²) < 4.78 is 5.11. The lowest BCUT2D eigenvalue weighted by atomic mass is 10.1. The molecule has 1 aromatic heterocycles. The molecule has 0 saturated heterocycles. The van der Waals surface area contributed by atoms with Gasteiger partial charge in [0.05, 0.1) is 24.4 Å². The highest BCUT2D eigenvalue weighted by molar-refractivity contribution is 7.98. The van der Waals surface area contributed by atoms with Gasteiger partial charge in [0.2, 0.25) is 0 Å². The predicted octanol–water partition coefficient (Wildman–Crippen LogP) is 4.63. The lowest BCUT2D eigenvalue weighted by Crippen LogP contribution is -2.17.